The molecule has 0 aliphatic carbocycles. The van der Waals surface area contributed by atoms with E-state index < -0.39 is 0 Å². The van der Waals surface area contributed by atoms with Crippen molar-refractivity contribution in [2.75, 3.05) is 13.6 Å². The van der Waals surface area contributed by atoms with E-state index in [0.29, 0.717) is 6.61 Å². The van der Waals surface area contributed by atoms with E-state index in [1.807, 2.05) is 31.3 Å². The molecule has 0 aliphatic heterocycles. The number of nitrogens with zero attached hydrogens (tertiary/aromatic N) is 1. The summed E-state index contributed by atoms with van der Waals surface area (Å²) >= 11 is 0. The Hall–Kier alpha value is -3.21. The summed E-state index contributed by atoms with van der Waals surface area (Å²) in [6.07, 6.45) is -0.162. The van der Waals surface area contributed by atoms with Gasteiger partial charge in [-0.2, -0.15) is 0 Å². The first-order chi connectivity index (χ1) is 15.2. The number of pyridine rings is 1. The van der Waals surface area contributed by atoms with Crippen LogP contribution < -0.4 is 10.9 Å². The molecule has 0 spiro atoms. The molecule has 0 fully saturated rings. The number of hydrogen-bond donors (Lipinski definition) is 1. The van der Waals surface area contributed by atoms with E-state index in [0.717, 1.165) is 17.8 Å². The number of nitrogens with one attached hydrogen (secondary N) is 1. The quantitative estimate of drug-likeness (QED) is 0.452. The van der Waals surface area contributed by atoms with E-state index >= 15 is 0 Å². The zero-order valence-electron chi connectivity index (χ0n) is 18.0. The zero-order chi connectivity index (χ0) is 21.6. The Balaban J connectivity index is 1.71. The van der Waals surface area contributed by atoms with Gasteiger partial charge >= 0.3 is 0 Å². The molecule has 1 N–H and O–H groups in total. The largest absolute Gasteiger partial charge is 0.367 e. The van der Waals surface area contributed by atoms with Gasteiger partial charge < -0.3 is 14.6 Å². The molecule has 4 heteroatoms. The second-order valence-corrected chi connectivity index (χ2v) is 7.83. The minimum absolute atomic E-state index is 0.0290. The molecule has 158 valence electrons. The Morgan fingerprint density at radius 1 is 0.839 bits per heavy atom. The van der Waals surface area contributed by atoms with E-state index in [-0.39, 0.29) is 17.6 Å². The van der Waals surface area contributed by atoms with Crippen LogP contribution in [0.1, 0.15) is 28.8 Å². The molecule has 31 heavy (non-hydrogen) atoms. The minimum Gasteiger partial charge on any atom is -0.367 e. The number of ether oxygens (including phenoxy) is 1. The average Bonchev–Trinajstić information content (AvgIpc) is 2.81. The van der Waals surface area contributed by atoms with Gasteiger partial charge in [0.05, 0.1) is 12.7 Å². The fourth-order valence-corrected chi connectivity index (χ4v) is 4.07. The maximum atomic E-state index is 12.0. The van der Waals surface area contributed by atoms with Crippen LogP contribution in [0.2, 0.25) is 0 Å². The Kier molecular flexibility index (Phi) is 6.60. The van der Waals surface area contributed by atoms with Crippen LogP contribution in [-0.4, -0.2) is 18.2 Å². The molecule has 2 atom stereocenters. The molecule has 0 aliphatic rings. The van der Waals surface area contributed by atoms with Crippen LogP contribution >= 0.6 is 0 Å². The molecule has 0 unspecified atom stereocenters. The third-order valence-electron chi connectivity index (χ3n) is 5.82. The molecular weight excluding hydrogens is 384 g/mol. The summed E-state index contributed by atoms with van der Waals surface area (Å²) in [5.41, 5.74) is 3.18. The first-order valence-electron chi connectivity index (χ1n) is 10.6. The second kappa shape index (κ2) is 9.73. The van der Waals surface area contributed by atoms with Gasteiger partial charge in [-0.25, -0.2) is 0 Å². The van der Waals surface area contributed by atoms with Crippen LogP contribution in [0.15, 0.2) is 95.8 Å². The number of hydrogen-bond acceptors (Lipinski definition) is 3. The predicted molar refractivity (Wildman–Crippen MR) is 126 cm³/mol. The van der Waals surface area contributed by atoms with Crippen LogP contribution in [-0.2, 0) is 18.4 Å². The topological polar surface area (TPSA) is 43.3 Å². The minimum atomic E-state index is -0.162. The van der Waals surface area contributed by atoms with Gasteiger partial charge in [0, 0.05) is 31.3 Å². The lowest BCUT2D eigenvalue weighted by Crippen LogP contribution is -2.26. The van der Waals surface area contributed by atoms with Gasteiger partial charge in [0.2, 0.25) is 0 Å². The molecule has 4 aromatic rings. The van der Waals surface area contributed by atoms with Crippen molar-refractivity contribution >= 4 is 10.8 Å². The van der Waals surface area contributed by atoms with Gasteiger partial charge in [-0.3, -0.25) is 4.79 Å². The second-order valence-electron chi connectivity index (χ2n) is 7.83. The molecule has 0 saturated heterocycles. The molecule has 4 rings (SSSR count). The van der Waals surface area contributed by atoms with Crippen molar-refractivity contribution in [1.29, 1.82) is 0 Å². The maximum Gasteiger partial charge on any atom is 0.250 e. The van der Waals surface area contributed by atoms with Crippen LogP contribution in [0, 0.1) is 0 Å². The SMILES string of the molecule is CNC[C@H](c1ccc2ccccc2c1)[C@H](OCc1cccc(=O)n1C)c1ccccc1. The molecule has 0 bridgehead atoms. The number of benzene rings is 3. The number of fused-ring (bicyclic) bond motifs is 1. The molecule has 0 saturated carbocycles. The summed E-state index contributed by atoms with van der Waals surface area (Å²) in [7, 11) is 3.75. The Labute approximate surface area is 183 Å². The first-order valence-corrected chi connectivity index (χ1v) is 10.6. The standard InChI is InChI=1S/C27H28N2O2/c1-28-18-25(23-16-15-20-9-6-7-12-22(20)17-23)27(21-10-4-3-5-11-21)31-19-24-13-8-14-26(30)29(24)2/h3-17,25,27-28H,18-19H2,1-2H3/t25-,27-/m1/s1. The van der Waals surface area contributed by atoms with Crippen molar-refractivity contribution in [3.05, 3.63) is 118 Å². The average molecular weight is 413 g/mol. The number of aromatic nitrogens is 1. The number of rotatable bonds is 8. The normalized spacial score (nSPS) is 13.2. The fraction of sp³-hybridized carbons (Fsp3) is 0.222. The van der Waals surface area contributed by atoms with Gasteiger partial charge in [-0.05, 0) is 35.0 Å². The monoisotopic (exact) mass is 412 g/mol. The van der Waals surface area contributed by atoms with Crippen molar-refractivity contribution < 1.29 is 4.74 Å². The summed E-state index contributed by atoms with van der Waals surface area (Å²) in [6, 6.07) is 30.7. The predicted octanol–water partition coefficient (Wildman–Crippen LogP) is 4.80. The number of likely N-dealkylation sites (N-methyl/N-ethyl adjacent to an activating group) is 1. The molecular formula is C27H28N2O2. The van der Waals surface area contributed by atoms with Gasteiger partial charge in [0.1, 0.15) is 0 Å². The fourth-order valence-electron chi connectivity index (χ4n) is 4.07. The van der Waals surface area contributed by atoms with E-state index in [4.69, 9.17) is 4.74 Å². The van der Waals surface area contributed by atoms with Crippen molar-refractivity contribution in [3.8, 4) is 0 Å². The molecule has 1 heterocycles. The van der Waals surface area contributed by atoms with E-state index in [9.17, 15) is 4.79 Å². The van der Waals surface area contributed by atoms with Crippen LogP contribution in [0.5, 0.6) is 0 Å². The third-order valence-corrected chi connectivity index (χ3v) is 5.82. The van der Waals surface area contributed by atoms with Crippen molar-refractivity contribution in [3.63, 3.8) is 0 Å². The summed E-state index contributed by atoms with van der Waals surface area (Å²) < 4.78 is 8.18. The lowest BCUT2D eigenvalue weighted by Gasteiger charge is -2.29. The third kappa shape index (κ3) is 4.76. The highest BCUT2D eigenvalue weighted by atomic mass is 16.5. The maximum absolute atomic E-state index is 12.0. The van der Waals surface area contributed by atoms with Gasteiger partial charge in [0.25, 0.3) is 5.56 Å². The molecule has 1 aromatic heterocycles. The van der Waals surface area contributed by atoms with E-state index in [1.165, 1.54) is 16.3 Å². The lowest BCUT2D eigenvalue weighted by molar-refractivity contribution is 0.0176. The van der Waals surface area contributed by atoms with Gasteiger partial charge in [-0.1, -0.05) is 78.9 Å². The molecule has 0 radical (unpaired) electrons. The summed E-state index contributed by atoms with van der Waals surface area (Å²) in [5.74, 6) is 0.109. The molecule has 0 amide bonds. The summed E-state index contributed by atoms with van der Waals surface area (Å²) in [4.78, 5) is 12.0. The smallest absolute Gasteiger partial charge is 0.250 e. The summed E-state index contributed by atoms with van der Waals surface area (Å²) in [6.45, 7) is 1.13. The van der Waals surface area contributed by atoms with Gasteiger partial charge in [-0.15, -0.1) is 0 Å². The van der Waals surface area contributed by atoms with Crippen LogP contribution in [0.4, 0.5) is 0 Å². The molecule has 4 nitrogen and oxygen atoms in total. The molecule has 3 aromatic carbocycles. The first kappa shape index (κ1) is 21.0. The Bertz CT molecular complexity index is 1200. The van der Waals surface area contributed by atoms with Crippen LogP contribution in [0.3, 0.4) is 0 Å². The highest BCUT2D eigenvalue weighted by Gasteiger charge is 2.26. The van der Waals surface area contributed by atoms with Crippen molar-refractivity contribution in [2.45, 2.75) is 18.6 Å². The zero-order valence-corrected chi connectivity index (χ0v) is 18.0. The summed E-state index contributed by atoms with van der Waals surface area (Å²) in [5, 5.41) is 5.80. The van der Waals surface area contributed by atoms with Gasteiger partial charge in [0.15, 0.2) is 0 Å². The lowest BCUT2D eigenvalue weighted by atomic mass is 9.87. The Morgan fingerprint density at radius 2 is 1.58 bits per heavy atom. The van der Waals surface area contributed by atoms with Crippen molar-refractivity contribution in [1.82, 2.24) is 9.88 Å². The van der Waals surface area contributed by atoms with E-state index in [1.54, 1.807) is 23.7 Å². The van der Waals surface area contributed by atoms with Crippen molar-refractivity contribution in [2.24, 2.45) is 7.05 Å². The Morgan fingerprint density at radius 3 is 2.35 bits per heavy atom. The van der Waals surface area contributed by atoms with Crippen LogP contribution in [0.25, 0.3) is 10.8 Å². The highest BCUT2D eigenvalue weighted by Crippen LogP contribution is 2.35. The van der Waals surface area contributed by atoms with E-state index in [2.05, 4.69) is 59.9 Å². The highest BCUT2D eigenvalue weighted by molar-refractivity contribution is 5.83.